The Kier molecular flexibility index (Phi) is 5.20. The lowest BCUT2D eigenvalue weighted by atomic mass is 10.1. The molecule has 0 unspecified atom stereocenters. The second-order valence-corrected chi connectivity index (χ2v) is 3.68. The van der Waals surface area contributed by atoms with Crippen LogP contribution in [0, 0.1) is 0 Å². The largest absolute Gasteiger partial charge is 0.497 e. The number of carbonyl (C=O) groups is 2. The molecule has 4 nitrogen and oxygen atoms in total. The highest BCUT2D eigenvalue weighted by molar-refractivity contribution is 5.96. The predicted molar refractivity (Wildman–Crippen MR) is 65.2 cm³/mol. The Morgan fingerprint density at radius 2 is 1.82 bits per heavy atom. The number of rotatable bonds is 6. The summed E-state index contributed by atoms with van der Waals surface area (Å²) in [5.74, 6) is 0.746. The molecule has 0 radical (unpaired) electrons. The van der Waals surface area contributed by atoms with Crippen LogP contribution in [0.15, 0.2) is 24.3 Å². The van der Waals surface area contributed by atoms with Crippen molar-refractivity contribution in [2.45, 2.75) is 19.3 Å². The molecule has 1 aromatic rings. The number of hydrogen-bond acceptors (Lipinski definition) is 3. The van der Waals surface area contributed by atoms with E-state index in [4.69, 9.17) is 4.74 Å². The summed E-state index contributed by atoms with van der Waals surface area (Å²) in [6.45, 7) is 0. The lowest BCUT2D eigenvalue weighted by Gasteiger charge is -2.03. The van der Waals surface area contributed by atoms with Crippen LogP contribution in [0.1, 0.15) is 29.6 Å². The van der Waals surface area contributed by atoms with Crippen molar-refractivity contribution in [2.75, 3.05) is 14.2 Å². The maximum atomic E-state index is 11.7. The van der Waals surface area contributed by atoms with Crippen molar-refractivity contribution in [1.29, 1.82) is 0 Å². The number of nitrogens with one attached hydrogen (secondary N) is 1. The second-order valence-electron chi connectivity index (χ2n) is 3.68. The summed E-state index contributed by atoms with van der Waals surface area (Å²) >= 11 is 0. The van der Waals surface area contributed by atoms with Crippen molar-refractivity contribution >= 4 is 11.7 Å². The number of amides is 1. The molecule has 0 bridgehead atoms. The molecule has 1 aromatic carbocycles. The molecule has 4 heteroatoms. The maximum Gasteiger partial charge on any atom is 0.219 e. The van der Waals surface area contributed by atoms with E-state index in [0.717, 1.165) is 5.75 Å². The Bertz CT molecular complexity index is 384. The maximum absolute atomic E-state index is 11.7. The predicted octanol–water partition coefficient (Wildman–Crippen LogP) is 1.79. The Hall–Kier alpha value is -1.84. The van der Waals surface area contributed by atoms with Crippen LogP contribution in [0.4, 0.5) is 0 Å². The minimum absolute atomic E-state index is 0.0347. The fourth-order valence-corrected chi connectivity index (χ4v) is 1.46. The first-order chi connectivity index (χ1) is 8.17. The average molecular weight is 235 g/mol. The monoisotopic (exact) mass is 235 g/mol. The van der Waals surface area contributed by atoms with Gasteiger partial charge in [-0.2, -0.15) is 0 Å². The van der Waals surface area contributed by atoms with Crippen LogP contribution in [0.3, 0.4) is 0 Å². The molecule has 1 N–H and O–H groups in total. The molecule has 0 aliphatic heterocycles. The van der Waals surface area contributed by atoms with Crippen molar-refractivity contribution in [3.8, 4) is 5.75 Å². The number of methoxy groups -OCH3 is 1. The topological polar surface area (TPSA) is 55.4 Å². The van der Waals surface area contributed by atoms with Gasteiger partial charge in [0.2, 0.25) is 5.91 Å². The standard InChI is InChI=1S/C13H17NO3/c1-14-13(16)5-3-4-12(15)10-6-8-11(17-2)9-7-10/h6-9H,3-5H2,1-2H3,(H,14,16). The molecular formula is C13H17NO3. The summed E-state index contributed by atoms with van der Waals surface area (Å²) < 4.78 is 5.01. The number of Topliss-reactive ketones (excluding diaryl/α,β-unsaturated/α-hetero) is 1. The van der Waals surface area contributed by atoms with Crippen LogP contribution in [0.25, 0.3) is 0 Å². The molecule has 0 spiro atoms. The highest BCUT2D eigenvalue weighted by atomic mass is 16.5. The Balaban J connectivity index is 2.44. The molecule has 0 heterocycles. The third-order valence-electron chi connectivity index (χ3n) is 2.50. The van der Waals surface area contributed by atoms with Gasteiger partial charge in [-0.05, 0) is 30.7 Å². The van der Waals surface area contributed by atoms with Crippen LogP contribution in [-0.4, -0.2) is 25.8 Å². The van der Waals surface area contributed by atoms with E-state index in [1.54, 1.807) is 38.4 Å². The van der Waals surface area contributed by atoms with Crippen molar-refractivity contribution < 1.29 is 14.3 Å². The molecule has 0 aromatic heterocycles. The summed E-state index contributed by atoms with van der Waals surface area (Å²) in [6.07, 6.45) is 1.35. The molecule has 92 valence electrons. The van der Waals surface area contributed by atoms with E-state index >= 15 is 0 Å². The van der Waals surface area contributed by atoms with E-state index in [0.29, 0.717) is 24.8 Å². The fraction of sp³-hybridized carbons (Fsp3) is 0.385. The normalized spacial score (nSPS) is 9.76. The number of ether oxygens (including phenoxy) is 1. The van der Waals surface area contributed by atoms with Gasteiger partial charge in [0.05, 0.1) is 7.11 Å². The number of carbonyl (C=O) groups excluding carboxylic acids is 2. The van der Waals surface area contributed by atoms with Gasteiger partial charge in [-0.1, -0.05) is 0 Å². The quantitative estimate of drug-likeness (QED) is 0.765. The summed E-state index contributed by atoms with van der Waals surface area (Å²) in [7, 11) is 3.17. The van der Waals surface area contributed by atoms with Gasteiger partial charge in [-0.15, -0.1) is 0 Å². The van der Waals surface area contributed by atoms with Crippen LogP contribution in [-0.2, 0) is 4.79 Å². The second kappa shape index (κ2) is 6.68. The molecule has 0 saturated heterocycles. The summed E-state index contributed by atoms with van der Waals surface area (Å²) in [5, 5.41) is 2.53. The van der Waals surface area contributed by atoms with E-state index in [1.165, 1.54) is 0 Å². The van der Waals surface area contributed by atoms with Crippen molar-refractivity contribution in [1.82, 2.24) is 5.32 Å². The summed E-state index contributed by atoms with van der Waals surface area (Å²) in [5.41, 5.74) is 0.655. The first kappa shape index (κ1) is 13.2. The highest BCUT2D eigenvalue weighted by Crippen LogP contribution is 2.13. The Labute approximate surface area is 101 Å². The van der Waals surface area contributed by atoms with E-state index in [-0.39, 0.29) is 11.7 Å². The third kappa shape index (κ3) is 4.26. The number of ketones is 1. The first-order valence-corrected chi connectivity index (χ1v) is 5.55. The molecule has 0 atom stereocenters. The molecular weight excluding hydrogens is 218 g/mol. The van der Waals surface area contributed by atoms with Gasteiger partial charge in [0.1, 0.15) is 5.75 Å². The molecule has 0 aliphatic rings. The minimum atomic E-state index is -0.0347. The van der Waals surface area contributed by atoms with Crippen LogP contribution in [0.5, 0.6) is 5.75 Å². The zero-order chi connectivity index (χ0) is 12.7. The lowest BCUT2D eigenvalue weighted by molar-refractivity contribution is -0.120. The molecule has 0 fully saturated rings. The Morgan fingerprint density at radius 1 is 1.18 bits per heavy atom. The smallest absolute Gasteiger partial charge is 0.219 e. The molecule has 0 saturated carbocycles. The molecule has 0 aliphatic carbocycles. The minimum Gasteiger partial charge on any atom is -0.497 e. The SMILES string of the molecule is CNC(=O)CCCC(=O)c1ccc(OC)cc1. The molecule has 1 amide bonds. The average Bonchev–Trinajstić information content (AvgIpc) is 2.38. The van der Waals surface area contributed by atoms with Crippen LogP contribution in [0.2, 0.25) is 0 Å². The van der Waals surface area contributed by atoms with Gasteiger partial charge in [0.15, 0.2) is 5.78 Å². The van der Waals surface area contributed by atoms with Gasteiger partial charge in [0, 0.05) is 25.5 Å². The number of benzene rings is 1. The van der Waals surface area contributed by atoms with E-state index in [2.05, 4.69) is 5.32 Å². The third-order valence-corrected chi connectivity index (χ3v) is 2.50. The van der Waals surface area contributed by atoms with E-state index < -0.39 is 0 Å². The van der Waals surface area contributed by atoms with Gasteiger partial charge < -0.3 is 10.1 Å². The molecule has 17 heavy (non-hydrogen) atoms. The van der Waals surface area contributed by atoms with E-state index in [1.807, 2.05) is 0 Å². The van der Waals surface area contributed by atoms with Crippen LogP contribution < -0.4 is 10.1 Å². The van der Waals surface area contributed by atoms with Gasteiger partial charge >= 0.3 is 0 Å². The Morgan fingerprint density at radius 3 is 2.35 bits per heavy atom. The first-order valence-electron chi connectivity index (χ1n) is 5.55. The number of hydrogen-bond donors (Lipinski definition) is 1. The zero-order valence-electron chi connectivity index (χ0n) is 10.2. The molecule has 1 rings (SSSR count). The van der Waals surface area contributed by atoms with E-state index in [9.17, 15) is 9.59 Å². The van der Waals surface area contributed by atoms with Crippen molar-refractivity contribution in [3.05, 3.63) is 29.8 Å². The summed E-state index contributed by atoms with van der Waals surface area (Å²) in [4.78, 5) is 22.7. The van der Waals surface area contributed by atoms with Gasteiger partial charge in [0.25, 0.3) is 0 Å². The van der Waals surface area contributed by atoms with Crippen molar-refractivity contribution in [2.24, 2.45) is 0 Å². The highest BCUT2D eigenvalue weighted by Gasteiger charge is 2.07. The van der Waals surface area contributed by atoms with Crippen LogP contribution >= 0.6 is 0 Å². The van der Waals surface area contributed by atoms with Crippen molar-refractivity contribution in [3.63, 3.8) is 0 Å². The van der Waals surface area contributed by atoms with Gasteiger partial charge in [-0.3, -0.25) is 9.59 Å². The fourth-order valence-electron chi connectivity index (χ4n) is 1.46. The summed E-state index contributed by atoms with van der Waals surface area (Å²) in [6, 6.07) is 6.99. The van der Waals surface area contributed by atoms with Gasteiger partial charge in [-0.25, -0.2) is 0 Å². The lowest BCUT2D eigenvalue weighted by Crippen LogP contribution is -2.17. The zero-order valence-corrected chi connectivity index (χ0v) is 10.2.